The average Bonchev–Trinajstić information content (AvgIpc) is 2.70. The van der Waals surface area contributed by atoms with Crippen molar-refractivity contribution in [2.24, 2.45) is 0 Å². The summed E-state index contributed by atoms with van der Waals surface area (Å²) in [5, 5.41) is 3.01. The summed E-state index contributed by atoms with van der Waals surface area (Å²) in [6, 6.07) is 15.5. The van der Waals surface area contributed by atoms with Crippen LogP contribution in [0.1, 0.15) is 46.8 Å². The molecule has 0 bridgehead atoms. The van der Waals surface area contributed by atoms with E-state index in [0.29, 0.717) is 18.7 Å². The van der Waals surface area contributed by atoms with Gasteiger partial charge in [-0.25, -0.2) is 4.79 Å². The van der Waals surface area contributed by atoms with E-state index in [1.807, 2.05) is 35.2 Å². The molecule has 0 spiro atoms. The predicted octanol–water partition coefficient (Wildman–Crippen LogP) is 4.21. The molecule has 2 rings (SSSR count). The molecule has 28 heavy (non-hydrogen) atoms. The van der Waals surface area contributed by atoms with Gasteiger partial charge in [0, 0.05) is 39.3 Å². The highest BCUT2D eigenvalue weighted by molar-refractivity contribution is 5.94. The molecule has 0 aliphatic heterocycles. The molecule has 0 atom stereocenters. The Kier molecular flexibility index (Phi) is 8.05. The summed E-state index contributed by atoms with van der Waals surface area (Å²) in [5.41, 5.74) is 3.88. The molecule has 5 heteroatoms. The van der Waals surface area contributed by atoms with Crippen molar-refractivity contribution in [1.29, 1.82) is 0 Å². The third-order valence-corrected chi connectivity index (χ3v) is 4.72. The first-order valence-corrected chi connectivity index (χ1v) is 9.80. The number of hydrogen-bond acceptors (Lipinski definition) is 2. The van der Waals surface area contributed by atoms with Gasteiger partial charge in [-0.05, 0) is 42.2 Å². The van der Waals surface area contributed by atoms with Crippen molar-refractivity contribution in [3.63, 3.8) is 0 Å². The van der Waals surface area contributed by atoms with Gasteiger partial charge >= 0.3 is 6.03 Å². The van der Waals surface area contributed by atoms with Crippen molar-refractivity contribution in [3.8, 4) is 0 Å². The molecule has 5 nitrogen and oxygen atoms in total. The lowest BCUT2D eigenvalue weighted by Crippen LogP contribution is -2.40. The van der Waals surface area contributed by atoms with Crippen molar-refractivity contribution < 1.29 is 9.59 Å². The number of rotatable bonds is 8. The Labute approximate surface area is 168 Å². The topological polar surface area (TPSA) is 52.7 Å². The number of carbonyl (C=O) groups excluding carboxylic acids is 2. The summed E-state index contributed by atoms with van der Waals surface area (Å²) in [5.74, 6) is -0.0442. The summed E-state index contributed by atoms with van der Waals surface area (Å²) in [6.07, 6.45) is 2.00. The molecule has 0 aromatic heterocycles. The minimum absolute atomic E-state index is 0.0442. The maximum Gasteiger partial charge on any atom is 0.317 e. The first-order valence-electron chi connectivity index (χ1n) is 9.80. The van der Waals surface area contributed by atoms with E-state index in [0.717, 1.165) is 30.5 Å². The van der Waals surface area contributed by atoms with Gasteiger partial charge in [-0.3, -0.25) is 4.79 Å². The monoisotopic (exact) mass is 381 g/mol. The van der Waals surface area contributed by atoms with Crippen molar-refractivity contribution >= 4 is 11.9 Å². The van der Waals surface area contributed by atoms with Crippen LogP contribution in [0, 0.1) is 6.92 Å². The average molecular weight is 382 g/mol. The molecule has 3 amide bonds. The van der Waals surface area contributed by atoms with E-state index in [1.165, 1.54) is 5.56 Å². The second kappa shape index (κ2) is 10.5. The number of urea groups is 1. The fourth-order valence-corrected chi connectivity index (χ4v) is 2.96. The highest BCUT2D eigenvalue weighted by Crippen LogP contribution is 2.12. The Morgan fingerprint density at radius 3 is 2.46 bits per heavy atom. The molecule has 0 heterocycles. The van der Waals surface area contributed by atoms with E-state index in [9.17, 15) is 9.59 Å². The van der Waals surface area contributed by atoms with E-state index in [4.69, 9.17) is 0 Å². The van der Waals surface area contributed by atoms with Gasteiger partial charge in [-0.15, -0.1) is 0 Å². The zero-order valence-electron chi connectivity index (χ0n) is 17.4. The molecule has 0 radical (unpaired) electrons. The van der Waals surface area contributed by atoms with Crippen LogP contribution in [0.2, 0.25) is 0 Å². The predicted molar refractivity (Wildman–Crippen MR) is 113 cm³/mol. The van der Waals surface area contributed by atoms with E-state index in [1.54, 1.807) is 25.1 Å². The highest BCUT2D eigenvalue weighted by atomic mass is 16.2. The lowest BCUT2D eigenvalue weighted by Gasteiger charge is -2.24. The van der Waals surface area contributed by atoms with Gasteiger partial charge in [0.05, 0.1) is 0 Å². The maximum atomic E-state index is 12.8. The van der Waals surface area contributed by atoms with Gasteiger partial charge in [0.15, 0.2) is 0 Å². The van der Waals surface area contributed by atoms with Gasteiger partial charge in [-0.1, -0.05) is 49.7 Å². The van der Waals surface area contributed by atoms with Crippen LogP contribution in [0.25, 0.3) is 0 Å². The Bertz CT molecular complexity index is 802. The molecule has 0 fully saturated rings. The standard InChI is InChI=1S/C23H31N3O2/c1-5-6-14-26(17-21-12-8-7-10-18(21)2)23(28)24-16-19-11-9-13-20(15-19)22(27)25(3)4/h7-13,15H,5-6,14,16-17H2,1-4H3,(H,24,28). The van der Waals surface area contributed by atoms with Crippen molar-refractivity contribution in [3.05, 3.63) is 70.8 Å². The summed E-state index contributed by atoms with van der Waals surface area (Å²) in [6.45, 7) is 5.90. The van der Waals surface area contributed by atoms with Crippen molar-refractivity contribution in [2.75, 3.05) is 20.6 Å². The van der Waals surface area contributed by atoms with Crippen LogP contribution < -0.4 is 5.32 Å². The summed E-state index contributed by atoms with van der Waals surface area (Å²) in [4.78, 5) is 28.3. The molecule has 1 N–H and O–H groups in total. The fourth-order valence-electron chi connectivity index (χ4n) is 2.96. The molecule has 2 aromatic rings. The lowest BCUT2D eigenvalue weighted by atomic mass is 10.1. The highest BCUT2D eigenvalue weighted by Gasteiger charge is 2.15. The van der Waals surface area contributed by atoms with Crippen molar-refractivity contribution in [2.45, 2.75) is 39.8 Å². The minimum atomic E-state index is -0.0824. The smallest absolute Gasteiger partial charge is 0.317 e. The SMILES string of the molecule is CCCCN(Cc1ccccc1C)C(=O)NCc1cccc(C(=O)N(C)C)c1. The molecular formula is C23H31N3O2. The number of unbranched alkanes of at least 4 members (excludes halogenated alkanes) is 1. The summed E-state index contributed by atoms with van der Waals surface area (Å²) in [7, 11) is 3.46. The molecular weight excluding hydrogens is 350 g/mol. The number of amides is 3. The molecule has 0 aliphatic carbocycles. The van der Waals surface area contributed by atoms with Crippen LogP contribution >= 0.6 is 0 Å². The quantitative estimate of drug-likeness (QED) is 0.745. The van der Waals surface area contributed by atoms with Gasteiger partial charge in [-0.2, -0.15) is 0 Å². The van der Waals surface area contributed by atoms with Crippen LogP contribution in [-0.2, 0) is 13.1 Å². The Balaban J connectivity index is 2.04. The Hall–Kier alpha value is -2.82. The molecule has 0 saturated carbocycles. The molecule has 150 valence electrons. The summed E-state index contributed by atoms with van der Waals surface area (Å²) < 4.78 is 0. The van der Waals surface area contributed by atoms with E-state index in [2.05, 4.69) is 31.3 Å². The third kappa shape index (κ3) is 6.12. The largest absolute Gasteiger partial charge is 0.345 e. The molecule has 0 aliphatic rings. The van der Waals surface area contributed by atoms with Crippen LogP contribution in [0.4, 0.5) is 4.79 Å². The van der Waals surface area contributed by atoms with E-state index >= 15 is 0 Å². The number of aryl methyl sites for hydroxylation is 1. The second-order valence-electron chi connectivity index (χ2n) is 7.26. The number of carbonyl (C=O) groups is 2. The molecule has 2 aromatic carbocycles. The minimum Gasteiger partial charge on any atom is -0.345 e. The van der Waals surface area contributed by atoms with Gasteiger partial charge < -0.3 is 15.1 Å². The van der Waals surface area contributed by atoms with Gasteiger partial charge in [0.25, 0.3) is 5.91 Å². The number of nitrogens with zero attached hydrogens (tertiary/aromatic N) is 2. The zero-order valence-corrected chi connectivity index (χ0v) is 17.4. The fraction of sp³-hybridized carbons (Fsp3) is 0.391. The maximum absolute atomic E-state index is 12.8. The van der Waals surface area contributed by atoms with E-state index in [-0.39, 0.29) is 11.9 Å². The summed E-state index contributed by atoms with van der Waals surface area (Å²) >= 11 is 0. The van der Waals surface area contributed by atoms with Crippen LogP contribution in [0.3, 0.4) is 0 Å². The van der Waals surface area contributed by atoms with Crippen molar-refractivity contribution in [1.82, 2.24) is 15.1 Å². The first kappa shape index (κ1) is 21.5. The Morgan fingerprint density at radius 2 is 1.79 bits per heavy atom. The number of nitrogens with one attached hydrogen (secondary N) is 1. The molecule has 0 unspecified atom stereocenters. The first-order chi connectivity index (χ1) is 13.4. The number of benzene rings is 2. The third-order valence-electron chi connectivity index (χ3n) is 4.72. The van der Waals surface area contributed by atoms with Crippen LogP contribution in [0.15, 0.2) is 48.5 Å². The molecule has 0 saturated heterocycles. The van der Waals surface area contributed by atoms with Gasteiger partial charge in [0.1, 0.15) is 0 Å². The van der Waals surface area contributed by atoms with Crippen LogP contribution in [0.5, 0.6) is 0 Å². The van der Waals surface area contributed by atoms with E-state index < -0.39 is 0 Å². The van der Waals surface area contributed by atoms with Crippen LogP contribution in [-0.4, -0.2) is 42.4 Å². The number of hydrogen-bond donors (Lipinski definition) is 1. The normalized spacial score (nSPS) is 10.4. The van der Waals surface area contributed by atoms with Gasteiger partial charge in [0.2, 0.25) is 0 Å². The second-order valence-corrected chi connectivity index (χ2v) is 7.26. The lowest BCUT2D eigenvalue weighted by molar-refractivity contribution is 0.0827. The Morgan fingerprint density at radius 1 is 1.04 bits per heavy atom. The zero-order chi connectivity index (χ0) is 20.5.